The normalized spacial score (nSPS) is 16.8. The second kappa shape index (κ2) is 13.9. The Morgan fingerprint density at radius 2 is 1.62 bits per heavy atom. The maximum atomic E-state index is 14.0. The number of anilines is 1. The second-order valence-electron chi connectivity index (χ2n) is 16.1. The number of nitrogens with zero attached hydrogens (tertiary/aromatic N) is 4. The average molecular weight is 748 g/mol. The lowest BCUT2D eigenvalue weighted by Crippen LogP contribution is -2.67. The number of likely N-dealkylation sites (tertiary alicyclic amines) is 1. The van der Waals surface area contributed by atoms with Gasteiger partial charge >= 0.3 is 6.09 Å². The van der Waals surface area contributed by atoms with Crippen LogP contribution in [0.4, 0.5) is 10.6 Å². The van der Waals surface area contributed by atoms with Gasteiger partial charge in [0.15, 0.2) is 0 Å². The second-order valence-corrected chi connectivity index (χ2v) is 21.4. The van der Waals surface area contributed by atoms with Crippen LogP contribution in [0, 0.1) is 6.92 Å². The van der Waals surface area contributed by atoms with Crippen LogP contribution < -0.4 is 20.8 Å². The van der Waals surface area contributed by atoms with Crippen molar-refractivity contribution in [1.82, 2.24) is 19.4 Å². The smallest absolute Gasteiger partial charge is 0.410 e. The molecule has 9 nitrogen and oxygen atoms in total. The van der Waals surface area contributed by atoms with Gasteiger partial charge in [0, 0.05) is 23.2 Å². The predicted molar refractivity (Wildman–Crippen MR) is 218 cm³/mol. The van der Waals surface area contributed by atoms with Crippen LogP contribution in [-0.4, -0.2) is 65.7 Å². The van der Waals surface area contributed by atoms with Gasteiger partial charge in [0.1, 0.15) is 29.1 Å². The summed E-state index contributed by atoms with van der Waals surface area (Å²) in [4.78, 5) is 26.1. The first-order valence-corrected chi connectivity index (χ1v) is 20.9. The fraction of sp³-hybridized carbons (Fsp3) is 0.357. The van der Waals surface area contributed by atoms with Crippen molar-refractivity contribution in [2.24, 2.45) is 0 Å². The zero-order chi connectivity index (χ0) is 37.7. The number of hydrogen-bond donors (Lipinski definition) is 1. The molecule has 0 spiro atoms. The number of amides is 1. The van der Waals surface area contributed by atoms with Gasteiger partial charge in [-0.1, -0.05) is 87.5 Å². The fourth-order valence-corrected chi connectivity index (χ4v) is 13.6. The van der Waals surface area contributed by atoms with Crippen molar-refractivity contribution < 1.29 is 18.7 Å². The van der Waals surface area contributed by atoms with Gasteiger partial charge in [-0.15, -0.1) is 11.3 Å². The topological polar surface area (TPSA) is 105 Å². The summed E-state index contributed by atoms with van der Waals surface area (Å²) in [5.74, 6) is 1.26. The molecule has 1 aliphatic heterocycles. The number of hydrogen-bond acceptors (Lipinski definition) is 8. The minimum absolute atomic E-state index is 0.119. The van der Waals surface area contributed by atoms with E-state index in [0.29, 0.717) is 25.4 Å². The molecule has 53 heavy (non-hydrogen) atoms. The van der Waals surface area contributed by atoms with Crippen LogP contribution in [0.5, 0.6) is 5.75 Å². The number of nitrogens with two attached hydrogens (primary N) is 1. The van der Waals surface area contributed by atoms with Gasteiger partial charge in [0.05, 0.1) is 35.9 Å². The minimum Gasteiger partial charge on any atom is -0.495 e. The zero-order valence-corrected chi connectivity index (χ0v) is 33.7. The van der Waals surface area contributed by atoms with Gasteiger partial charge in [-0.25, -0.2) is 14.8 Å². The lowest BCUT2D eigenvalue weighted by molar-refractivity contribution is 0.0180. The summed E-state index contributed by atoms with van der Waals surface area (Å²) in [5.41, 5.74) is 8.77. The zero-order valence-electron chi connectivity index (χ0n) is 31.8. The summed E-state index contributed by atoms with van der Waals surface area (Å²) in [6, 6.07) is 27.2. The largest absolute Gasteiger partial charge is 0.495 e. The van der Waals surface area contributed by atoms with Crippen LogP contribution in [0.25, 0.3) is 31.6 Å². The van der Waals surface area contributed by atoms with Crippen LogP contribution in [0.3, 0.4) is 0 Å². The fourth-order valence-electron chi connectivity index (χ4n) is 7.90. The number of fused-ring (bicyclic) bond motifs is 2. The number of thiophene rings is 1. The Morgan fingerprint density at radius 3 is 2.23 bits per heavy atom. The van der Waals surface area contributed by atoms with E-state index in [2.05, 4.69) is 110 Å². The van der Waals surface area contributed by atoms with E-state index >= 15 is 0 Å². The predicted octanol–water partition coefficient (Wildman–Crippen LogP) is 8.34. The van der Waals surface area contributed by atoms with Crippen LogP contribution in [-0.2, 0) is 9.16 Å². The van der Waals surface area contributed by atoms with Crippen LogP contribution in [0.15, 0.2) is 91.4 Å². The average Bonchev–Trinajstić information content (AvgIpc) is 3.84. The van der Waals surface area contributed by atoms with Gasteiger partial charge in [0.2, 0.25) is 0 Å². The molecule has 6 aromatic rings. The van der Waals surface area contributed by atoms with Gasteiger partial charge in [-0.05, 0) is 72.6 Å². The molecule has 1 amide bonds. The molecule has 7 rings (SSSR count). The van der Waals surface area contributed by atoms with Crippen molar-refractivity contribution in [2.45, 2.75) is 77.6 Å². The monoisotopic (exact) mass is 747 g/mol. The highest BCUT2D eigenvalue weighted by molar-refractivity contribution is 7.22. The Labute approximate surface area is 316 Å². The molecular weight excluding hydrogens is 699 g/mol. The first-order chi connectivity index (χ1) is 25.2. The molecular formula is C42H49N5O4SSi. The molecule has 0 aliphatic carbocycles. The number of carbonyl (C=O) groups is 1. The maximum Gasteiger partial charge on any atom is 0.410 e. The van der Waals surface area contributed by atoms with E-state index < -0.39 is 13.9 Å². The van der Waals surface area contributed by atoms with Crippen molar-refractivity contribution in [3.63, 3.8) is 0 Å². The van der Waals surface area contributed by atoms with Gasteiger partial charge in [0.25, 0.3) is 8.32 Å². The summed E-state index contributed by atoms with van der Waals surface area (Å²) < 4.78 is 22.4. The molecule has 2 unspecified atom stereocenters. The Bertz CT molecular complexity index is 2220. The molecule has 1 fully saturated rings. The Morgan fingerprint density at radius 1 is 0.962 bits per heavy atom. The van der Waals surface area contributed by atoms with Crippen LogP contribution >= 0.6 is 11.3 Å². The SMILES string of the molecule is COc1cc(C)cc2cc(-c3cn(C4CC(CO[Si](c5ccccc5)(c5ccccc5)C(C)(C)C)N(C(=O)OC(C)(C)C)C4)c4ncnc(N)c34)sc12. The van der Waals surface area contributed by atoms with E-state index in [1.54, 1.807) is 18.4 Å². The van der Waals surface area contributed by atoms with Crippen LogP contribution in [0.2, 0.25) is 5.04 Å². The molecule has 2 atom stereocenters. The van der Waals surface area contributed by atoms with Crippen molar-refractivity contribution in [2.75, 3.05) is 26.0 Å². The first-order valence-electron chi connectivity index (χ1n) is 18.1. The highest BCUT2D eigenvalue weighted by atomic mass is 32.1. The van der Waals surface area contributed by atoms with Gasteiger partial charge in [-0.3, -0.25) is 0 Å². The third-order valence-corrected chi connectivity index (χ3v) is 16.4. The molecule has 11 heteroatoms. The van der Waals surface area contributed by atoms with Gasteiger partial charge in [-0.2, -0.15) is 0 Å². The summed E-state index contributed by atoms with van der Waals surface area (Å²) in [5, 5.41) is 4.08. The molecule has 1 aliphatic rings. The number of aromatic nitrogens is 3. The number of benzene rings is 3. The number of aryl methyl sites for hydroxylation is 1. The van der Waals surface area contributed by atoms with Crippen molar-refractivity contribution >= 4 is 63.1 Å². The molecule has 1 saturated heterocycles. The number of ether oxygens (including phenoxy) is 2. The number of rotatable bonds is 8. The minimum atomic E-state index is -2.88. The first kappa shape index (κ1) is 36.6. The molecule has 4 heterocycles. The standard InChI is InChI=1S/C42H49N5O4SSi/c1-27-19-28-21-35(52-37(28)34(20-27)49-8)33-24-46(39-36(33)38(43)44-26-45-39)29-22-30(47(23-29)40(48)51-41(2,3)4)25-50-53(42(5,6)7,31-15-11-9-12-16-31)32-17-13-10-14-18-32/h9-21,24,26,29-30H,22-23,25H2,1-8H3,(H2,43,44,45). The number of carbonyl (C=O) groups excluding carboxylic acids is 1. The quantitative estimate of drug-likeness (QED) is 0.156. The third-order valence-electron chi connectivity index (χ3n) is 10.2. The lowest BCUT2D eigenvalue weighted by Gasteiger charge is -2.44. The van der Waals surface area contributed by atoms with E-state index in [0.717, 1.165) is 42.9 Å². The Balaban J connectivity index is 1.30. The summed E-state index contributed by atoms with van der Waals surface area (Å²) in [7, 11) is -1.18. The number of nitrogen functional groups attached to an aromatic ring is 1. The molecule has 0 bridgehead atoms. The highest BCUT2D eigenvalue weighted by Crippen LogP contribution is 2.45. The molecule has 3 aromatic carbocycles. The van der Waals surface area contributed by atoms with E-state index in [9.17, 15) is 4.79 Å². The Kier molecular flexibility index (Phi) is 9.63. The third kappa shape index (κ3) is 6.82. The molecule has 0 saturated carbocycles. The van der Waals surface area contributed by atoms with Gasteiger partial charge < -0.3 is 29.1 Å². The van der Waals surface area contributed by atoms with E-state index in [1.165, 1.54) is 16.7 Å². The maximum absolute atomic E-state index is 14.0. The molecule has 276 valence electrons. The van der Waals surface area contributed by atoms with Crippen molar-refractivity contribution in [3.8, 4) is 16.2 Å². The van der Waals surface area contributed by atoms with Crippen molar-refractivity contribution in [1.29, 1.82) is 0 Å². The summed E-state index contributed by atoms with van der Waals surface area (Å²) in [6.07, 6.45) is 3.93. The lowest BCUT2D eigenvalue weighted by atomic mass is 10.1. The van der Waals surface area contributed by atoms with E-state index in [1.807, 2.05) is 37.8 Å². The van der Waals surface area contributed by atoms with E-state index in [4.69, 9.17) is 24.6 Å². The number of methoxy groups -OCH3 is 1. The molecule has 2 N–H and O–H groups in total. The summed E-state index contributed by atoms with van der Waals surface area (Å²) in [6.45, 7) is 15.4. The summed E-state index contributed by atoms with van der Waals surface area (Å²) >= 11 is 1.66. The Hall–Kier alpha value is -4.71. The van der Waals surface area contributed by atoms with Crippen molar-refractivity contribution in [3.05, 3.63) is 97.0 Å². The highest BCUT2D eigenvalue weighted by Gasteiger charge is 2.51. The van der Waals surface area contributed by atoms with Crippen LogP contribution in [0.1, 0.15) is 59.6 Å². The molecule has 3 aromatic heterocycles. The van der Waals surface area contributed by atoms with E-state index in [-0.39, 0.29) is 23.2 Å². The molecule has 0 radical (unpaired) electrons.